The van der Waals surface area contributed by atoms with Crippen LogP contribution in [0.25, 0.3) is 0 Å². The topological polar surface area (TPSA) is 49.7 Å². The van der Waals surface area contributed by atoms with Gasteiger partial charge in [-0.25, -0.2) is 0 Å². The van der Waals surface area contributed by atoms with E-state index in [0.717, 1.165) is 6.07 Å². The van der Waals surface area contributed by atoms with Gasteiger partial charge in [-0.15, -0.1) is 13.2 Å². The van der Waals surface area contributed by atoms with Crippen molar-refractivity contribution < 1.29 is 28.1 Å². The van der Waals surface area contributed by atoms with Gasteiger partial charge < -0.3 is 14.9 Å². The van der Waals surface area contributed by atoms with Crippen LogP contribution in [0.1, 0.15) is 17.2 Å². The van der Waals surface area contributed by atoms with E-state index in [0.29, 0.717) is 5.56 Å². The summed E-state index contributed by atoms with van der Waals surface area (Å²) in [6, 6.07) is 11.5. The van der Waals surface area contributed by atoms with Crippen LogP contribution < -0.4 is 4.74 Å². The SMILES string of the molecule is Oc1ccc(CC(O)c2ccccc2OC(F)(F)F)cc1. The first-order chi connectivity index (χ1) is 9.85. The zero-order valence-electron chi connectivity index (χ0n) is 10.8. The number of phenolic OH excluding ortho intramolecular Hbond substituents is 1. The summed E-state index contributed by atoms with van der Waals surface area (Å²) < 4.78 is 40.9. The van der Waals surface area contributed by atoms with Gasteiger partial charge in [0.05, 0.1) is 6.10 Å². The average Bonchev–Trinajstić information content (AvgIpc) is 2.40. The number of alkyl halides is 3. The van der Waals surface area contributed by atoms with Gasteiger partial charge in [-0.05, 0) is 23.8 Å². The molecule has 0 saturated carbocycles. The van der Waals surface area contributed by atoms with E-state index < -0.39 is 18.2 Å². The number of aliphatic hydroxyl groups is 1. The van der Waals surface area contributed by atoms with Crippen LogP contribution in [0.15, 0.2) is 48.5 Å². The molecule has 0 spiro atoms. The van der Waals surface area contributed by atoms with Crippen LogP contribution in [0.2, 0.25) is 0 Å². The van der Waals surface area contributed by atoms with Crippen molar-refractivity contribution in [2.24, 2.45) is 0 Å². The maximum Gasteiger partial charge on any atom is 0.573 e. The predicted molar refractivity (Wildman–Crippen MR) is 69.9 cm³/mol. The molecule has 0 aliphatic heterocycles. The van der Waals surface area contributed by atoms with Crippen molar-refractivity contribution in [2.45, 2.75) is 18.9 Å². The van der Waals surface area contributed by atoms with Gasteiger partial charge in [0.2, 0.25) is 0 Å². The highest BCUT2D eigenvalue weighted by molar-refractivity contribution is 5.36. The Kier molecular flexibility index (Phi) is 4.37. The zero-order chi connectivity index (χ0) is 15.5. The number of hydrogen-bond acceptors (Lipinski definition) is 3. The van der Waals surface area contributed by atoms with Crippen molar-refractivity contribution in [2.75, 3.05) is 0 Å². The Morgan fingerprint density at radius 1 is 1.00 bits per heavy atom. The molecule has 112 valence electrons. The molecule has 0 bridgehead atoms. The highest BCUT2D eigenvalue weighted by Gasteiger charge is 2.32. The summed E-state index contributed by atoms with van der Waals surface area (Å²) in [4.78, 5) is 0. The van der Waals surface area contributed by atoms with Gasteiger partial charge in [-0.1, -0.05) is 30.3 Å². The first-order valence-electron chi connectivity index (χ1n) is 6.16. The highest BCUT2D eigenvalue weighted by atomic mass is 19.4. The smallest absolute Gasteiger partial charge is 0.508 e. The predicted octanol–water partition coefficient (Wildman–Crippen LogP) is 3.57. The van der Waals surface area contributed by atoms with Crippen LogP contribution in [0, 0.1) is 0 Å². The van der Waals surface area contributed by atoms with Crippen molar-refractivity contribution >= 4 is 0 Å². The Bertz CT molecular complexity index is 594. The van der Waals surface area contributed by atoms with Crippen molar-refractivity contribution in [1.29, 1.82) is 0 Å². The van der Waals surface area contributed by atoms with Gasteiger partial charge in [-0.3, -0.25) is 0 Å². The fraction of sp³-hybridized carbons (Fsp3) is 0.200. The van der Waals surface area contributed by atoms with Crippen molar-refractivity contribution in [3.8, 4) is 11.5 Å². The third-order valence-electron chi connectivity index (χ3n) is 2.87. The molecule has 2 rings (SSSR count). The summed E-state index contributed by atoms with van der Waals surface area (Å²) in [6.07, 6.45) is -5.85. The minimum Gasteiger partial charge on any atom is -0.508 e. The molecule has 0 saturated heterocycles. The summed E-state index contributed by atoms with van der Waals surface area (Å²) in [6.45, 7) is 0. The van der Waals surface area contributed by atoms with E-state index in [1.54, 1.807) is 12.1 Å². The van der Waals surface area contributed by atoms with Crippen molar-refractivity contribution in [1.82, 2.24) is 0 Å². The van der Waals surface area contributed by atoms with E-state index in [9.17, 15) is 23.4 Å². The van der Waals surface area contributed by atoms with E-state index in [4.69, 9.17) is 0 Å². The monoisotopic (exact) mass is 298 g/mol. The maximum atomic E-state index is 12.3. The number of aromatic hydroxyl groups is 1. The molecule has 0 heterocycles. The Morgan fingerprint density at radius 2 is 1.62 bits per heavy atom. The molecule has 6 heteroatoms. The largest absolute Gasteiger partial charge is 0.573 e. The van der Waals surface area contributed by atoms with Crippen molar-refractivity contribution in [3.63, 3.8) is 0 Å². The van der Waals surface area contributed by atoms with Gasteiger partial charge in [0, 0.05) is 12.0 Å². The lowest BCUT2D eigenvalue weighted by Gasteiger charge is -2.17. The van der Waals surface area contributed by atoms with Gasteiger partial charge in [-0.2, -0.15) is 0 Å². The minimum atomic E-state index is -4.81. The molecule has 2 N–H and O–H groups in total. The molecule has 3 nitrogen and oxygen atoms in total. The molecule has 0 aliphatic carbocycles. The lowest BCUT2D eigenvalue weighted by atomic mass is 10.0. The molecular weight excluding hydrogens is 285 g/mol. The number of benzene rings is 2. The van der Waals surface area contributed by atoms with Crippen LogP contribution in [0.3, 0.4) is 0 Å². The second kappa shape index (κ2) is 6.05. The van der Waals surface area contributed by atoms with Crippen LogP contribution in [-0.4, -0.2) is 16.6 Å². The molecule has 1 unspecified atom stereocenters. The number of rotatable bonds is 4. The molecule has 0 radical (unpaired) electrons. The first-order valence-corrected chi connectivity index (χ1v) is 6.16. The number of aliphatic hydroxyl groups excluding tert-OH is 1. The average molecular weight is 298 g/mol. The Morgan fingerprint density at radius 3 is 2.24 bits per heavy atom. The van der Waals surface area contributed by atoms with Crippen molar-refractivity contribution in [3.05, 3.63) is 59.7 Å². The summed E-state index contributed by atoms with van der Waals surface area (Å²) in [7, 11) is 0. The lowest BCUT2D eigenvalue weighted by molar-refractivity contribution is -0.275. The molecule has 2 aromatic carbocycles. The standard InChI is InChI=1S/C15H13F3O3/c16-15(17,18)21-14-4-2-1-3-12(14)13(20)9-10-5-7-11(19)8-6-10/h1-8,13,19-20H,9H2. The number of halogens is 3. The molecule has 0 fully saturated rings. The fourth-order valence-corrected chi connectivity index (χ4v) is 1.94. The third-order valence-corrected chi connectivity index (χ3v) is 2.87. The van der Waals surface area contributed by atoms with E-state index in [1.165, 1.54) is 30.3 Å². The molecule has 0 aliphatic rings. The summed E-state index contributed by atoms with van der Waals surface area (Å²) in [5, 5.41) is 19.3. The Labute approximate surface area is 119 Å². The van der Waals surface area contributed by atoms with Crippen LogP contribution >= 0.6 is 0 Å². The zero-order valence-corrected chi connectivity index (χ0v) is 10.8. The third kappa shape index (κ3) is 4.39. The number of para-hydroxylation sites is 1. The minimum absolute atomic E-state index is 0.0582. The quantitative estimate of drug-likeness (QED) is 0.907. The molecule has 0 amide bonds. The number of phenols is 1. The Hall–Kier alpha value is -2.21. The molecule has 0 aromatic heterocycles. The fourth-order valence-electron chi connectivity index (χ4n) is 1.94. The van der Waals surface area contributed by atoms with Gasteiger partial charge >= 0.3 is 6.36 Å². The summed E-state index contributed by atoms with van der Waals surface area (Å²) in [5.74, 6) is -0.342. The first kappa shape index (κ1) is 15.2. The van der Waals surface area contributed by atoms with Crippen LogP contribution in [0.4, 0.5) is 13.2 Å². The lowest BCUT2D eigenvalue weighted by Crippen LogP contribution is -2.19. The summed E-state index contributed by atoms with van der Waals surface area (Å²) in [5.41, 5.74) is 0.741. The van der Waals surface area contributed by atoms with E-state index in [2.05, 4.69) is 4.74 Å². The molecular formula is C15H13F3O3. The normalized spacial score (nSPS) is 13.0. The highest BCUT2D eigenvalue weighted by Crippen LogP contribution is 2.31. The second-order valence-corrected chi connectivity index (χ2v) is 4.47. The van der Waals surface area contributed by atoms with E-state index >= 15 is 0 Å². The molecule has 21 heavy (non-hydrogen) atoms. The van der Waals surface area contributed by atoms with Gasteiger partial charge in [0.1, 0.15) is 11.5 Å². The maximum absolute atomic E-state index is 12.3. The summed E-state index contributed by atoms with van der Waals surface area (Å²) >= 11 is 0. The van der Waals surface area contributed by atoms with Crippen LogP contribution in [-0.2, 0) is 6.42 Å². The Balaban J connectivity index is 2.18. The van der Waals surface area contributed by atoms with E-state index in [-0.39, 0.29) is 17.7 Å². The second-order valence-electron chi connectivity index (χ2n) is 4.47. The number of hydrogen-bond donors (Lipinski definition) is 2. The molecule has 1 atom stereocenters. The van der Waals surface area contributed by atoms with Gasteiger partial charge in [0.15, 0.2) is 0 Å². The van der Waals surface area contributed by atoms with Crippen LogP contribution in [0.5, 0.6) is 11.5 Å². The van der Waals surface area contributed by atoms with Gasteiger partial charge in [0.25, 0.3) is 0 Å². The molecule has 2 aromatic rings. The number of ether oxygens (including phenoxy) is 1. The van der Waals surface area contributed by atoms with E-state index in [1.807, 2.05) is 0 Å².